The van der Waals surface area contributed by atoms with Crippen molar-refractivity contribution in [3.8, 4) is 0 Å². The van der Waals surface area contributed by atoms with Crippen LogP contribution in [-0.4, -0.2) is 38.4 Å². The van der Waals surface area contributed by atoms with E-state index in [-0.39, 0.29) is 6.61 Å². The fourth-order valence-electron chi connectivity index (χ4n) is 0.935. The average molecular weight is 178 g/mol. The van der Waals surface area contributed by atoms with Crippen molar-refractivity contribution < 1.29 is 14.6 Å². The maximum atomic E-state index is 9.16. The lowest BCUT2D eigenvalue weighted by Gasteiger charge is -2.25. The summed E-state index contributed by atoms with van der Waals surface area (Å²) in [5.74, 6) is 0. The summed E-state index contributed by atoms with van der Waals surface area (Å²) < 4.78 is 5.33. The highest BCUT2D eigenvalue weighted by atomic mass is 28.4. The Morgan fingerprint density at radius 2 is 2.09 bits per heavy atom. The smallest absolute Gasteiger partial charge is 0.191 e. The van der Waals surface area contributed by atoms with E-state index in [2.05, 4.69) is 13.5 Å². The van der Waals surface area contributed by atoms with Gasteiger partial charge in [-0.1, -0.05) is 6.92 Å². The minimum absolute atomic E-state index is 0.161. The van der Waals surface area contributed by atoms with E-state index in [0.717, 1.165) is 6.04 Å². The summed E-state index contributed by atoms with van der Waals surface area (Å²) in [6.07, 6.45) is -0.605. The first-order chi connectivity index (χ1) is 5.08. The van der Waals surface area contributed by atoms with E-state index in [4.69, 9.17) is 14.6 Å². The molecule has 2 N–H and O–H groups in total. The predicted octanol–water partition coefficient (Wildman–Crippen LogP) is 0.581. The Kier molecular flexibility index (Phi) is 4.91. The van der Waals surface area contributed by atoms with Gasteiger partial charge in [-0.25, -0.2) is 0 Å². The standard InChI is InChI=1S/C7H18O3Si/c1-4-11(3,10-2)6-7(9)5-8/h7-9H,4-6H2,1-3H3. The van der Waals surface area contributed by atoms with Crippen LogP contribution in [0.4, 0.5) is 0 Å². The Labute approximate surface area is 69.1 Å². The highest BCUT2D eigenvalue weighted by molar-refractivity contribution is 6.72. The SMILES string of the molecule is CC[Si](C)(CC(O)CO)OC. The van der Waals surface area contributed by atoms with Crippen LogP contribution < -0.4 is 0 Å². The minimum Gasteiger partial charge on any atom is -0.420 e. The van der Waals surface area contributed by atoms with E-state index in [1.54, 1.807) is 7.11 Å². The molecule has 0 spiro atoms. The zero-order chi connectivity index (χ0) is 8.91. The van der Waals surface area contributed by atoms with Gasteiger partial charge in [-0.3, -0.25) is 0 Å². The first-order valence-electron chi connectivity index (χ1n) is 3.92. The van der Waals surface area contributed by atoms with Gasteiger partial charge < -0.3 is 14.6 Å². The van der Waals surface area contributed by atoms with E-state index in [9.17, 15) is 0 Å². The Hall–Kier alpha value is 0.0969. The molecule has 0 heterocycles. The van der Waals surface area contributed by atoms with Crippen LogP contribution in [0.3, 0.4) is 0 Å². The van der Waals surface area contributed by atoms with Gasteiger partial charge in [0, 0.05) is 7.11 Å². The molecule has 68 valence electrons. The fraction of sp³-hybridized carbons (Fsp3) is 1.00. The molecule has 2 unspecified atom stereocenters. The molecule has 0 rings (SSSR count). The molecule has 0 aromatic rings. The third-order valence-corrected chi connectivity index (χ3v) is 5.94. The maximum Gasteiger partial charge on any atom is 0.191 e. The molecule has 0 bridgehead atoms. The third-order valence-electron chi connectivity index (χ3n) is 2.12. The van der Waals surface area contributed by atoms with Gasteiger partial charge in [0.05, 0.1) is 12.7 Å². The van der Waals surface area contributed by atoms with Gasteiger partial charge in [-0.05, 0) is 18.6 Å². The number of rotatable bonds is 5. The molecule has 0 aliphatic carbocycles. The van der Waals surface area contributed by atoms with Crippen LogP contribution >= 0.6 is 0 Å². The van der Waals surface area contributed by atoms with Gasteiger partial charge >= 0.3 is 0 Å². The van der Waals surface area contributed by atoms with Gasteiger partial charge in [0.25, 0.3) is 0 Å². The summed E-state index contributed by atoms with van der Waals surface area (Å²) >= 11 is 0. The topological polar surface area (TPSA) is 49.7 Å². The number of aliphatic hydroxyl groups excluding tert-OH is 2. The van der Waals surface area contributed by atoms with Crippen molar-refractivity contribution >= 4 is 8.32 Å². The normalized spacial score (nSPS) is 19.4. The lowest BCUT2D eigenvalue weighted by molar-refractivity contribution is 0.105. The van der Waals surface area contributed by atoms with Crippen LogP contribution in [0.2, 0.25) is 18.6 Å². The highest BCUT2D eigenvalue weighted by Gasteiger charge is 2.28. The predicted molar refractivity (Wildman–Crippen MR) is 47.0 cm³/mol. The molecule has 2 atom stereocenters. The van der Waals surface area contributed by atoms with Crippen molar-refractivity contribution in [2.45, 2.75) is 31.7 Å². The number of aliphatic hydroxyl groups is 2. The zero-order valence-electron chi connectivity index (χ0n) is 7.50. The van der Waals surface area contributed by atoms with Crippen LogP contribution in [0, 0.1) is 0 Å². The number of hydrogen-bond acceptors (Lipinski definition) is 3. The van der Waals surface area contributed by atoms with Gasteiger partial charge in [-0.15, -0.1) is 0 Å². The molecule has 0 aromatic carbocycles. The Bertz CT molecular complexity index is 104. The maximum absolute atomic E-state index is 9.16. The Morgan fingerprint density at radius 3 is 2.36 bits per heavy atom. The molecule has 0 saturated carbocycles. The van der Waals surface area contributed by atoms with Crippen molar-refractivity contribution in [1.82, 2.24) is 0 Å². The van der Waals surface area contributed by atoms with Crippen LogP contribution in [-0.2, 0) is 4.43 Å². The van der Waals surface area contributed by atoms with Gasteiger partial charge in [-0.2, -0.15) is 0 Å². The summed E-state index contributed by atoms with van der Waals surface area (Å²) in [5, 5.41) is 17.8. The molecule has 0 fully saturated rings. The van der Waals surface area contributed by atoms with E-state index in [1.165, 1.54) is 0 Å². The first-order valence-corrected chi connectivity index (χ1v) is 6.74. The first kappa shape index (κ1) is 11.1. The van der Waals surface area contributed by atoms with E-state index in [0.29, 0.717) is 6.04 Å². The molecular weight excluding hydrogens is 160 g/mol. The van der Waals surface area contributed by atoms with Gasteiger partial charge in [0.2, 0.25) is 0 Å². The van der Waals surface area contributed by atoms with Crippen molar-refractivity contribution in [2.75, 3.05) is 13.7 Å². The third kappa shape index (κ3) is 3.86. The summed E-state index contributed by atoms with van der Waals surface area (Å²) in [6.45, 7) is 3.96. The molecule has 11 heavy (non-hydrogen) atoms. The molecule has 0 radical (unpaired) electrons. The zero-order valence-corrected chi connectivity index (χ0v) is 8.50. The molecule has 0 aromatic heterocycles. The van der Waals surface area contributed by atoms with Crippen LogP contribution in [0.5, 0.6) is 0 Å². The summed E-state index contributed by atoms with van der Waals surface area (Å²) in [5.41, 5.74) is 0. The summed E-state index contributed by atoms with van der Waals surface area (Å²) in [6, 6.07) is 1.59. The average Bonchev–Trinajstić information content (AvgIpc) is 2.04. The molecule has 3 nitrogen and oxygen atoms in total. The molecule has 0 aliphatic rings. The Balaban J connectivity index is 3.86. The second-order valence-corrected chi connectivity index (χ2v) is 7.47. The Morgan fingerprint density at radius 1 is 1.55 bits per heavy atom. The molecule has 0 aliphatic heterocycles. The summed E-state index contributed by atoms with van der Waals surface area (Å²) in [4.78, 5) is 0. The number of hydrogen-bond donors (Lipinski definition) is 2. The van der Waals surface area contributed by atoms with Crippen molar-refractivity contribution in [3.63, 3.8) is 0 Å². The second-order valence-electron chi connectivity index (χ2n) is 3.05. The van der Waals surface area contributed by atoms with E-state index < -0.39 is 14.4 Å². The van der Waals surface area contributed by atoms with Crippen LogP contribution in [0.25, 0.3) is 0 Å². The van der Waals surface area contributed by atoms with Gasteiger partial charge in [0.1, 0.15) is 0 Å². The lowest BCUT2D eigenvalue weighted by atomic mass is 10.4. The molecule has 0 saturated heterocycles. The van der Waals surface area contributed by atoms with E-state index in [1.807, 2.05) is 0 Å². The van der Waals surface area contributed by atoms with Gasteiger partial charge in [0.15, 0.2) is 8.32 Å². The van der Waals surface area contributed by atoms with Crippen LogP contribution in [0.15, 0.2) is 0 Å². The lowest BCUT2D eigenvalue weighted by Crippen LogP contribution is -2.37. The minimum atomic E-state index is -1.69. The molecule has 4 heteroatoms. The quantitative estimate of drug-likeness (QED) is 0.606. The second kappa shape index (κ2) is 4.87. The monoisotopic (exact) mass is 178 g/mol. The summed E-state index contributed by atoms with van der Waals surface area (Å²) in [7, 11) is -0.0110. The molecule has 0 amide bonds. The largest absolute Gasteiger partial charge is 0.420 e. The van der Waals surface area contributed by atoms with Crippen LogP contribution in [0.1, 0.15) is 6.92 Å². The van der Waals surface area contributed by atoms with Crippen molar-refractivity contribution in [2.24, 2.45) is 0 Å². The fourth-order valence-corrected chi connectivity index (χ4v) is 2.80. The van der Waals surface area contributed by atoms with E-state index >= 15 is 0 Å². The van der Waals surface area contributed by atoms with Crippen molar-refractivity contribution in [1.29, 1.82) is 0 Å². The van der Waals surface area contributed by atoms with Crippen molar-refractivity contribution in [3.05, 3.63) is 0 Å². The highest BCUT2D eigenvalue weighted by Crippen LogP contribution is 2.17. The molecular formula is C7H18O3Si.